The quantitative estimate of drug-likeness (QED) is 0.761. The predicted octanol–water partition coefficient (Wildman–Crippen LogP) is 1.77. The first kappa shape index (κ1) is 12.3. The van der Waals surface area contributed by atoms with Gasteiger partial charge in [0.25, 0.3) is 0 Å². The Labute approximate surface area is 95.6 Å². The molecule has 84 valence electrons. The molecule has 0 amide bonds. The van der Waals surface area contributed by atoms with Crippen molar-refractivity contribution in [2.24, 2.45) is 0 Å². The van der Waals surface area contributed by atoms with Crippen LogP contribution in [0, 0.1) is 0 Å². The molecule has 0 aliphatic heterocycles. The van der Waals surface area contributed by atoms with Gasteiger partial charge < -0.3 is 4.90 Å². The first-order valence-electron chi connectivity index (χ1n) is 4.52. The smallest absolute Gasteiger partial charge is 0.175 e. The molecule has 3 nitrogen and oxygen atoms in total. The summed E-state index contributed by atoms with van der Waals surface area (Å²) in [6, 6.07) is 6.77. The third-order valence-electron chi connectivity index (χ3n) is 2.13. The van der Waals surface area contributed by atoms with E-state index in [0.29, 0.717) is 10.8 Å². The van der Waals surface area contributed by atoms with E-state index in [2.05, 4.69) is 0 Å². The molecule has 15 heavy (non-hydrogen) atoms. The van der Waals surface area contributed by atoms with Crippen molar-refractivity contribution < 1.29 is 8.42 Å². The predicted molar refractivity (Wildman–Crippen MR) is 63.5 cm³/mol. The zero-order valence-electron chi connectivity index (χ0n) is 8.77. The van der Waals surface area contributed by atoms with E-state index in [4.69, 9.17) is 11.6 Å². The zero-order chi connectivity index (χ0) is 11.5. The number of nitrogens with zero attached hydrogens (tertiary/aromatic N) is 1. The Kier molecular flexibility index (Phi) is 3.99. The number of anilines is 1. The van der Waals surface area contributed by atoms with Gasteiger partial charge in [-0.05, 0) is 24.3 Å². The van der Waals surface area contributed by atoms with Crippen molar-refractivity contribution in [2.75, 3.05) is 30.6 Å². The highest BCUT2D eigenvalue weighted by Gasteiger charge is 2.07. The first-order valence-corrected chi connectivity index (χ1v) is 6.95. The van der Waals surface area contributed by atoms with Crippen molar-refractivity contribution >= 4 is 27.1 Å². The molecule has 0 aliphatic rings. The van der Waals surface area contributed by atoms with E-state index in [9.17, 15) is 8.42 Å². The maximum atomic E-state index is 11.2. The van der Waals surface area contributed by atoms with Gasteiger partial charge in [-0.25, -0.2) is 8.42 Å². The molecular weight excluding hydrogens is 234 g/mol. The van der Waals surface area contributed by atoms with Crippen molar-refractivity contribution in [1.82, 2.24) is 0 Å². The SMILES string of the molecule is CN(CCCl)c1ccc(S(C)(=O)=O)cc1. The minimum absolute atomic E-state index is 0.338. The molecule has 0 aromatic heterocycles. The Balaban J connectivity index is 2.90. The van der Waals surface area contributed by atoms with E-state index < -0.39 is 9.84 Å². The summed E-state index contributed by atoms with van der Waals surface area (Å²) < 4.78 is 22.4. The van der Waals surface area contributed by atoms with Crippen LogP contribution in [0.25, 0.3) is 0 Å². The fourth-order valence-electron chi connectivity index (χ4n) is 1.20. The van der Waals surface area contributed by atoms with E-state index >= 15 is 0 Å². The molecule has 0 saturated heterocycles. The fraction of sp³-hybridized carbons (Fsp3) is 0.400. The van der Waals surface area contributed by atoms with Gasteiger partial charge in [0.15, 0.2) is 9.84 Å². The van der Waals surface area contributed by atoms with Gasteiger partial charge in [-0.2, -0.15) is 0 Å². The topological polar surface area (TPSA) is 37.4 Å². The molecule has 1 rings (SSSR count). The molecule has 0 atom stereocenters. The molecule has 0 N–H and O–H groups in total. The number of alkyl halides is 1. The Hall–Kier alpha value is -0.740. The summed E-state index contributed by atoms with van der Waals surface area (Å²) in [7, 11) is -1.19. The second-order valence-corrected chi connectivity index (χ2v) is 5.77. The van der Waals surface area contributed by atoms with E-state index in [1.807, 2.05) is 11.9 Å². The molecule has 0 unspecified atom stereocenters. The maximum Gasteiger partial charge on any atom is 0.175 e. The number of hydrogen-bond donors (Lipinski definition) is 0. The Morgan fingerprint density at radius 2 is 1.80 bits per heavy atom. The highest BCUT2D eigenvalue weighted by atomic mass is 35.5. The van der Waals surface area contributed by atoms with E-state index in [0.717, 1.165) is 12.2 Å². The van der Waals surface area contributed by atoms with Crippen LogP contribution in [0.1, 0.15) is 0 Å². The lowest BCUT2D eigenvalue weighted by Crippen LogP contribution is -2.19. The molecule has 0 heterocycles. The molecule has 0 bridgehead atoms. The number of rotatable bonds is 4. The van der Waals surface area contributed by atoms with Crippen LogP contribution in [0.2, 0.25) is 0 Å². The lowest BCUT2D eigenvalue weighted by Gasteiger charge is -2.17. The third kappa shape index (κ3) is 3.39. The highest BCUT2D eigenvalue weighted by Crippen LogP contribution is 2.16. The molecule has 1 aromatic carbocycles. The standard InChI is InChI=1S/C10H14ClNO2S/c1-12(8-7-11)9-3-5-10(6-4-9)15(2,13)14/h3-6H,7-8H2,1-2H3. The normalized spacial score (nSPS) is 11.4. The van der Waals surface area contributed by atoms with Gasteiger partial charge in [0, 0.05) is 31.4 Å². The lowest BCUT2D eigenvalue weighted by molar-refractivity contribution is 0.602. The van der Waals surface area contributed by atoms with Gasteiger partial charge >= 0.3 is 0 Å². The van der Waals surface area contributed by atoms with Crippen molar-refractivity contribution in [3.8, 4) is 0 Å². The molecule has 0 spiro atoms. The lowest BCUT2D eigenvalue weighted by atomic mass is 10.3. The Morgan fingerprint density at radius 3 is 2.20 bits per heavy atom. The van der Waals surface area contributed by atoms with Crippen molar-refractivity contribution in [2.45, 2.75) is 4.90 Å². The highest BCUT2D eigenvalue weighted by molar-refractivity contribution is 7.90. The molecular formula is C10H14ClNO2S. The number of benzene rings is 1. The van der Waals surface area contributed by atoms with Crippen LogP contribution in [-0.4, -0.2) is 34.1 Å². The first-order chi connectivity index (χ1) is 6.95. The zero-order valence-corrected chi connectivity index (χ0v) is 10.3. The molecule has 0 radical (unpaired) electrons. The summed E-state index contributed by atoms with van der Waals surface area (Å²) >= 11 is 5.61. The van der Waals surface area contributed by atoms with Gasteiger partial charge in [-0.3, -0.25) is 0 Å². The minimum atomic E-state index is -3.10. The fourth-order valence-corrected chi connectivity index (χ4v) is 2.09. The number of hydrogen-bond acceptors (Lipinski definition) is 3. The van der Waals surface area contributed by atoms with Gasteiger partial charge in [-0.1, -0.05) is 0 Å². The van der Waals surface area contributed by atoms with Crippen LogP contribution in [0.4, 0.5) is 5.69 Å². The van der Waals surface area contributed by atoms with Gasteiger partial charge in [0.2, 0.25) is 0 Å². The van der Waals surface area contributed by atoms with Crippen LogP contribution in [-0.2, 0) is 9.84 Å². The van der Waals surface area contributed by atoms with E-state index in [1.54, 1.807) is 24.3 Å². The van der Waals surface area contributed by atoms with Crippen molar-refractivity contribution in [3.63, 3.8) is 0 Å². The maximum absolute atomic E-state index is 11.2. The molecule has 0 saturated carbocycles. The summed E-state index contributed by atoms with van der Waals surface area (Å²) in [5, 5.41) is 0. The van der Waals surface area contributed by atoms with Crippen molar-refractivity contribution in [1.29, 1.82) is 0 Å². The largest absolute Gasteiger partial charge is 0.373 e. The summed E-state index contributed by atoms with van der Waals surface area (Å²) in [4.78, 5) is 2.31. The summed E-state index contributed by atoms with van der Waals surface area (Å²) in [6.07, 6.45) is 1.20. The number of halogens is 1. The minimum Gasteiger partial charge on any atom is -0.373 e. The Morgan fingerprint density at radius 1 is 1.27 bits per heavy atom. The molecule has 5 heteroatoms. The summed E-state index contributed by atoms with van der Waals surface area (Å²) in [5.74, 6) is 0.546. The van der Waals surface area contributed by atoms with Crippen LogP contribution in [0.5, 0.6) is 0 Å². The molecule has 0 fully saturated rings. The third-order valence-corrected chi connectivity index (χ3v) is 3.42. The average molecular weight is 248 g/mol. The second kappa shape index (κ2) is 4.86. The van der Waals surface area contributed by atoms with E-state index in [-0.39, 0.29) is 0 Å². The summed E-state index contributed by atoms with van der Waals surface area (Å²) in [5.41, 5.74) is 0.961. The van der Waals surface area contributed by atoms with Gasteiger partial charge in [0.05, 0.1) is 4.90 Å². The van der Waals surface area contributed by atoms with Crippen LogP contribution in [0.15, 0.2) is 29.2 Å². The monoisotopic (exact) mass is 247 g/mol. The molecule has 1 aromatic rings. The Bertz CT molecular complexity index is 414. The van der Waals surface area contributed by atoms with E-state index in [1.165, 1.54) is 6.26 Å². The van der Waals surface area contributed by atoms with Crippen LogP contribution < -0.4 is 4.90 Å². The second-order valence-electron chi connectivity index (χ2n) is 3.38. The molecule has 0 aliphatic carbocycles. The van der Waals surface area contributed by atoms with Gasteiger partial charge in [0.1, 0.15) is 0 Å². The average Bonchev–Trinajstić information content (AvgIpc) is 2.17. The summed E-state index contributed by atoms with van der Waals surface area (Å²) in [6.45, 7) is 0.736. The van der Waals surface area contributed by atoms with Crippen LogP contribution in [0.3, 0.4) is 0 Å². The van der Waals surface area contributed by atoms with Crippen molar-refractivity contribution in [3.05, 3.63) is 24.3 Å². The number of sulfone groups is 1. The van der Waals surface area contributed by atoms with Crippen LogP contribution >= 0.6 is 11.6 Å². The van der Waals surface area contributed by atoms with Gasteiger partial charge in [-0.15, -0.1) is 11.6 Å².